The number of aliphatic hydroxyl groups is 1. The average molecular weight is 647 g/mol. The Labute approximate surface area is 282 Å². The van der Waals surface area contributed by atoms with Gasteiger partial charge in [-0.25, -0.2) is 0 Å². The lowest BCUT2D eigenvalue weighted by molar-refractivity contribution is -0.152. The SMILES string of the molecule is CCCCC/C=C\C/C=C\C/C=C\CC1OC1CCCC(=O)OC[C@H](O)COC(=O)CCCCCCCCCCCCCCCC. The van der Waals surface area contributed by atoms with Crippen LogP contribution in [0.4, 0.5) is 0 Å². The molecule has 0 aromatic rings. The number of allylic oxidation sites excluding steroid dienone is 5. The molecule has 1 aliphatic heterocycles. The van der Waals surface area contributed by atoms with Crippen LogP contribution in [0.3, 0.4) is 0 Å². The first-order valence-electron chi connectivity index (χ1n) is 19.2. The minimum atomic E-state index is -0.992. The molecular weight excluding hydrogens is 576 g/mol. The van der Waals surface area contributed by atoms with Gasteiger partial charge in [0.1, 0.15) is 19.3 Å². The number of esters is 2. The number of hydrogen-bond donors (Lipinski definition) is 1. The molecule has 0 amide bonds. The molecule has 2 unspecified atom stereocenters. The van der Waals surface area contributed by atoms with Crippen molar-refractivity contribution in [2.45, 2.75) is 193 Å². The lowest BCUT2D eigenvalue weighted by Gasteiger charge is -2.12. The van der Waals surface area contributed by atoms with Crippen molar-refractivity contribution in [1.29, 1.82) is 0 Å². The van der Waals surface area contributed by atoms with E-state index in [9.17, 15) is 14.7 Å². The lowest BCUT2D eigenvalue weighted by atomic mass is 10.0. The number of aliphatic hydroxyl groups excluding tert-OH is 1. The molecule has 0 aliphatic carbocycles. The number of carbonyl (C=O) groups is 2. The molecule has 0 bridgehead atoms. The maximum Gasteiger partial charge on any atom is 0.305 e. The number of rotatable bonds is 33. The van der Waals surface area contributed by atoms with E-state index >= 15 is 0 Å². The molecule has 0 saturated carbocycles. The first kappa shape index (κ1) is 42.1. The first-order chi connectivity index (χ1) is 22.6. The summed E-state index contributed by atoms with van der Waals surface area (Å²) in [5.74, 6) is -0.636. The van der Waals surface area contributed by atoms with Gasteiger partial charge in [-0.2, -0.15) is 0 Å². The molecular formula is C40H70O6. The highest BCUT2D eigenvalue weighted by molar-refractivity contribution is 5.69. The van der Waals surface area contributed by atoms with Crippen molar-refractivity contribution in [3.8, 4) is 0 Å². The molecule has 0 radical (unpaired) electrons. The molecule has 1 heterocycles. The summed E-state index contributed by atoms with van der Waals surface area (Å²) in [5, 5.41) is 10.0. The maximum absolute atomic E-state index is 12.0. The molecule has 1 N–H and O–H groups in total. The third-order valence-electron chi connectivity index (χ3n) is 8.55. The van der Waals surface area contributed by atoms with Gasteiger partial charge in [-0.1, -0.05) is 147 Å². The number of hydrogen-bond acceptors (Lipinski definition) is 6. The fraction of sp³-hybridized carbons (Fsp3) is 0.800. The molecule has 1 aliphatic rings. The highest BCUT2D eigenvalue weighted by atomic mass is 16.6. The molecule has 6 nitrogen and oxygen atoms in total. The number of unbranched alkanes of at least 4 members (excludes halogenated alkanes) is 16. The second kappa shape index (κ2) is 31.7. The van der Waals surface area contributed by atoms with Crippen LogP contribution in [0.15, 0.2) is 36.5 Å². The summed E-state index contributed by atoms with van der Waals surface area (Å²) in [6.07, 6.45) is 40.7. The standard InChI is InChI=1S/C40H70O6/c1-3-5-7-9-11-13-15-17-18-20-22-24-26-28-32-39(42)44-34-36(41)35-45-40(43)33-29-31-38-37(46-38)30-27-25-23-21-19-16-14-12-10-8-6-4-2/h12,14,19,21,25,27,36-38,41H,3-11,13,15-18,20,22-24,26,28-35H2,1-2H3/b14-12-,21-19-,27-25-/t36-,37?,38?/m1/s1. The van der Waals surface area contributed by atoms with E-state index < -0.39 is 6.10 Å². The second-order valence-corrected chi connectivity index (χ2v) is 13.1. The molecule has 1 saturated heterocycles. The Morgan fingerprint density at radius 3 is 1.61 bits per heavy atom. The van der Waals surface area contributed by atoms with E-state index in [2.05, 4.69) is 50.3 Å². The van der Waals surface area contributed by atoms with Gasteiger partial charge in [0.25, 0.3) is 0 Å². The van der Waals surface area contributed by atoms with Crippen LogP contribution in [0, 0.1) is 0 Å². The van der Waals surface area contributed by atoms with Crippen molar-refractivity contribution >= 4 is 11.9 Å². The Bertz CT molecular complexity index is 804. The Hall–Kier alpha value is -1.92. The lowest BCUT2D eigenvalue weighted by Crippen LogP contribution is -2.25. The van der Waals surface area contributed by atoms with E-state index in [1.165, 1.54) is 96.3 Å². The van der Waals surface area contributed by atoms with Gasteiger partial charge in [0.2, 0.25) is 0 Å². The molecule has 1 fully saturated rings. The van der Waals surface area contributed by atoms with Gasteiger partial charge in [0.15, 0.2) is 0 Å². The zero-order chi connectivity index (χ0) is 33.3. The largest absolute Gasteiger partial charge is 0.463 e. The van der Waals surface area contributed by atoms with Crippen LogP contribution < -0.4 is 0 Å². The van der Waals surface area contributed by atoms with Crippen molar-refractivity contribution in [2.24, 2.45) is 0 Å². The highest BCUT2D eigenvalue weighted by Crippen LogP contribution is 2.30. The molecule has 6 heteroatoms. The van der Waals surface area contributed by atoms with Gasteiger partial charge in [-0.15, -0.1) is 0 Å². The third-order valence-corrected chi connectivity index (χ3v) is 8.55. The van der Waals surface area contributed by atoms with Crippen LogP contribution in [0.1, 0.15) is 174 Å². The van der Waals surface area contributed by atoms with Crippen molar-refractivity contribution in [3.63, 3.8) is 0 Å². The van der Waals surface area contributed by atoms with Crippen molar-refractivity contribution in [2.75, 3.05) is 13.2 Å². The summed E-state index contributed by atoms with van der Waals surface area (Å²) in [7, 11) is 0. The molecule has 0 aromatic heterocycles. The minimum Gasteiger partial charge on any atom is -0.463 e. The molecule has 0 aromatic carbocycles. The maximum atomic E-state index is 12.0. The van der Waals surface area contributed by atoms with Gasteiger partial charge in [0, 0.05) is 12.8 Å². The van der Waals surface area contributed by atoms with Crippen LogP contribution >= 0.6 is 0 Å². The quantitative estimate of drug-likeness (QED) is 0.0330. The van der Waals surface area contributed by atoms with Crippen molar-refractivity contribution in [3.05, 3.63) is 36.5 Å². The Morgan fingerprint density at radius 1 is 0.587 bits per heavy atom. The summed E-state index contributed by atoms with van der Waals surface area (Å²) >= 11 is 0. The molecule has 0 spiro atoms. The number of ether oxygens (including phenoxy) is 3. The molecule has 1 rings (SSSR count). The zero-order valence-corrected chi connectivity index (χ0v) is 29.8. The minimum absolute atomic E-state index is 0.137. The van der Waals surface area contributed by atoms with Crippen LogP contribution in [0.5, 0.6) is 0 Å². The van der Waals surface area contributed by atoms with E-state index in [1.54, 1.807) is 0 Å². The van der Waals surface area contributed by atoms with E-state index in [-0.39, 0.29) is 37.4 Å². The van der Waals surface area contributed by atoms with Crippen LogP contribution in [-0.4, -0.2) is 48.6 Å². The average Bonchev–Trinajstić information content (AvgIpc) is 3.81. The van der Waals surface area contributed by atoms with Crippen LogP contribution in [0.25, 0.3) is 0 Å². The van der Waals surface area contributed by atoms with E-state index in [0.29, 0.717) is 19.3 Å². The normalized spacial score (nSPS) is 16.9. The van der Waals surface area contributed by atoms with Gasteiger partial charge >= 0.3 is 11.9 Å². The van der Waals surface area contributed by atoms with Gasteiger partial charge in [-0.3, -0.25) is 9.59 Å². The summed E-state index contributed by atoms with van der Waals surface area (Å²) in [5.41, 5.74) is 0. The molecule has 46 heavy (non-hydrogen) atoms. The van der Waals surface area contributed by atoms with Crippen molar-refractivity contribution < 1.29 is 28.9 Å². The summed E-state index contributed by atoms with van der Waals surface area (Å²) in [4.78, 5) is 24.0. The van der Waals surface area contributed by atoms with Crippen LogP contribution in [0.2, 0.25) is 0 Å². The fourth-order valence-electron chi connectivity index (χ4n) is 5.53. The Kier molecular flexibility index (Phi) is 29.0. The highest BCUT2D eigenvalue weighted by Gasteiger charge is 2.36. The van der Waals surface area contributed by atoms with E-state index in [4.69, 9.17) is 14.2 Å². The van der Waals surface area contributed by atoms with Gasteiger partial charge in [0.05, 0.1) is 12.2 Å². The third kappa shape index (κ3) is 28.3. The van der Waals surface area contributed by atoms with Crippen LogP contribution in [-0.2, 0) is 23.8 Å². The molecule has 3 atom stereocenters. The van der Waals surface area contributed by atoms with Gasteiger partial charge < -0.3 is 19.3 Å². The molecule has 266 valence electrons. The summed E-state index contributed by atoms with van der Waals surface area (Å²) < 4.78 is 16.0. The Balaban J connectivity index is 1.88. The predicted octanol–water partition coefficient (Wildman–Crippen LogP) is 10.7. The smallest absolute Gasteiger partial charge is 0.305 e. The van der Waals surface area contributed by atoms with E-state index in [0.717, 1.165) is 44.9 Å². The van der Waals surface area contributed by atoms with Crippen molar-refractivity contribution in [1.82, 2.24) is 0 Å². The monoisotopic (exact) mass is 647 g/mol. The Morgan fingerprint density at radius 2 is 1.04 bits per heavy atom. The topological polar surface area (TPSA) is 85.4 Å². The second-order valence-electron chi connectivity index (χ2n) is 13.1. The predicted molar refractivity (Wildman–Crippen MR) is 191 cm³/mol. The number of carbonyl (C=O) groups excluding carboxylic acids is 2. The number of epoxide rings is 1. The summed E-state index contributed by atoms with van der Waals surface area (Å²) in [6.45, 7) is 4.21. The first-order valence-corrected chi connectivity index (χ1v) is 19.2. The van der Waals surface area contributed by atoms with E-state index in [1.807, 2.05) is 0 Å². The van der Waals surface area contributed by atoms with Gasteiger partial charge in [-0.05, 0) is 51.4 Å². The zero-order valence-electron chi connectivity index (χ0n) is 29.8. The fourth-order valence-corrected chi connectivity index (χ4v) is 5.53. The summed E-state index contributed by atoms with van der Waals surface area (Å²) in [6, 6.07) is 0.